The lowest BCUT2D eigenvalue weighted by atomic mass is 10.3. The van der Waals surface area contributed by atoms with E-state index in [9.17, 15) is 0 Å². The van der Waals surface area contributed by atoms with Gasteiger partial charge in [0.15, 0.2) is 5.75 Å². The zero-order valence-electron chi connectivity index (χ0n) is 8.91. The van der Waals surface area contributed by atoms with Gasteiger partial charge in [0.2, 0.25) is 0 Å². The minimum atomic E-state index is 0.179. The normalized spacial score (nSPS) is 10.5. The van der Waals surface area contributed by atoms with Gasteiger partial charge >= 0.3 is 0 Å². The van der Waals surface area contributed by atoms with Crippen molar-refractivity contribution in [2.75, 3.05) is 5.73 Å². The number of ether oxygens (including phenoxy) is 1. The van der Waals surface area contributed by atoms with Gasteiger partial charge in [-0.1, -0.05) is 33.5 Å². The summed E-state index contributed by atoms with van der Waals surface area (Å²) in [6.07, 6.45) is 0. The van der Waals surface area contributed by atoms with Crippen LogP contribution in [-0.4, -0.2) is 10.3 Å². The molecule has 90 valence electrons. The van der Waals surface area contributed by atoms with Crippen LogP contribution in [0.4, 0.5) is 5.69 Å². The third kappa shape index (κ3) is 2.62. The van der Waals surface area contributed by atoms with Gasteiger partial charge in [0.25, 0.3) is 0 Å². The van der Waals surface area contributed by atoms with Crippen LogP contribution in [0.5, 0.6) is 5.75 Å². The standard InChI is InChI=1S/C10H9Cl2N3O2/c1-5-9(15-17-14-5)4-16-10-7(11)2-6(13)3-8(10)12/h2-3H,4,13H2,1H3. The SMILES string of the molecule is Cc1nonc1COc1c(Cl)cc(N)cc1Cl. The molecule has 5 nitrogen and oxygen atoms in total. The van der Waals surface area contributed by atoms with Gasteiger partial charge in [0, 0.05) is 5.69 Å². The van der Waals surface area contributed by atoms with Crippen LogP contribution in [0, 0.1) is 6.92 Å². The summed E-state index contributed by atoms with van der Waals surface area (Å²) in [5, 5.41) is 8.02. The molecule has 0 aliphatic rings. The molecule has 0 saturated heterocycles. The molecule has 0 atom stereocenters. The van der Waals surface area contributed by atoms with Gasteiger partial charge in [0.1, 0.15) is 18.0 Å². The number of rotatable bonds is 3. The Bertz CT molecular complexity index is 519. The van der Waals surface area contributed by atoms with Gasteiger partial charge in [0.05, 0.1) is 10.0 Å². The summed E-state index contributed by atoms with van der Waals surface area (Å²) in [5.41, 5.74) is 7.31. The Morgan fingerprint density at radius 2 is 1.94 bits per heavy atom. The van der Waals surface area contributed by atoms with Crippen molar-refractivity contribution in [3.63, 3.8) is 0 Å². The number of benzene rings is 1. The predicted octanol–water partition coefficient (Wildman–Crippen LogP) is 2.85. The van der Waals surface area contributed by atoms with E-state index < -0.39 is 0 Å². The van der Waals surface area contributed by atoms with Crippen LogP contribution in [0.2, 0.25) is 10.0 Å². The molecule has 0 aliphatic heterocycles. The molecule has 0 aliphatic carbocycles. The van der Waals surface area contributed by atoms with Crippen molar-refractivity contribution in [2.24, 2.45) is 0 Å². The second kappa shape index (κ2) is 4.81. The van der Waals surface area contributed by atoms with Gasteiger partial charge in [-0.05, 0) is 19.1 Å². The summed E-state index contributed by atoms with van der Waals surface area (Å²) in [6, 6.07) is 3.13. The average Bonchev–Trinajstić information content (AvgIpc) is 2.62. The maximum atomic E-state index is 5.97. The molecule has 2 rings (SSSR count). The summed E-state index contributed by atoms with van der Waals surface area (Å²) in [7, 11) is 0. The molecule has 1 aromatic heterocycles. The molecule has 0 radical (unpaired) electrons. The van der Waals surface area contributed by atoms with E-state index in [0.29, 0.717) is 32.9 Å². The largest absolute Gasteiger partial charge is 0.484 e. The summed E-state index contributed by atoms with van der Waals surface area (Å²) in [5.74, 6) is 0.366. The van der Waals surface area contributed by atoms with Crippen molar-refractivity contribution in [3.8, 4) is 5.75 Å². The fourth-order valence-corrected chi connectivity index (χ4v) is 1.85. The lowest BCUT2D eigenvalue weighted by molar-refractivity contribution is 0.270. The van der Waals surface area contributed by atoms with Gasteiger partial charge < -0.3 is 10.5 Å². The molecule has 2 aromatic rings. The number of nitrogens with zero attached hydrogens (tertiary/aromatic N) is 2. The van der Waals surface area contributed by atoms with Gasteiger partial charge in [-0.3, -0.25) is 0 Å². The lowest BCUT2D eigenvalue weighted by Crippen LogP contribution is -1.99. The number of hydrogen-bond acceptors (Lipinski definition) is 5. The van der Waals surface area contributed by atoms with Gasteiger partial charge in [-0.2, -0.15) is 0 Å². The molecule has 17 heavy (non-hydrogen) atoms. The van der Waals surface area contributed by atoms with E-state index >= 15 is 0 Å². The first-order chi connectivity index (χ1) is 8.08. The van der Waals surface area contributed by atoms with Crippen molar-refractivity contribution < 1.29 is 9.37 Å². The first-order valence-corrected chi connectivity index (χ1v) is 5.49. The Hall–Kier alpha value is -1.46. The van der Waals surface area contributed by atoms with E-state index in [2.05, 4.69) is 14.9 Å². The predicted molar refractivity (Wildman–Crippen MR) is 64.2 cm³/mol. The van der Waals surface area contributed by atoms with E-state index in [1.54, 1.807) is 19.1 Å². The molecule has 0 saturated carbocycles. The molecule has 0 bridgehead atoms. The number of halogens is 2. The first-order valence-electron chi connectivity index (χ1n) is 4.73. The van der Waals surface area contributed by atoms with Crippen molar-refractivity contribution in [3.05, 3.63) is 33.6 Å². The van der Waals surface area contributed by atoms with E-state index in [0.717, 1.165) is 0 Å². The molecular weight excluding hydrogens is 265 g/mol. The van der Waals surface area contributed by atoms with Crippen LogP contribution < -0.4 is 10.5 Å². The Labute approximate surface area is 107 Å². The molecule has 0 fully saturated rings. The minimum Gasteiger partial charge on any atom is -0.484 e. The highest BCUT2D eigenvalue weighted by Gasteiger charge is 2.11. The highest BCUT2D eigenvalue weighted by molar-refractivity contribution is 6.37. The molecular formula is C10H9Cl2N3O2. The number of anilines is 1. The quantitative estimate of drug-likeness (QED) is 0.871. The number of hydrogen-bond donors (Lipinski definition) is 1. The summed E-state index contributed by atoms with van der Waals surface area (Å²) < 4.78 is 10.0. The Balaban J connectivity index is 2.17. The van der Waals surface area contributed by atoms with Crippen LogP contribution in [0.3, 0.4) is 0 Å². The van der Waals surface area contributed by atoms with E-state index in [1.165, 1.54) is 0 Å². The zero-order chi connectivity index (χ0) is 12.4. The maximum absolute atomic E-state index is 5.97. The van der Waals surface area contributed by atoms with Crippen molar-refractivity contribution in [2.45, 2.75) is 13.5 Å². The van der Waals surface area contributed by atoms with E-state index in [1.807, 2.05) is 0 Å². The van der Waals surface area contributed by atoms with Crippen LogP contribution in [0.1, 0.15) is 11.4 Å². The molecule has 2 N–H and O–H groups in total. The van der Waals surface area contributed by atoms with E-state index in [-0.39, 0.29) is 6.61 Å². The molecule has 0 unspecified atom stereocenters. The average molecular weight is 274 g/mol. The Morgan fingerprint density at radius 3 is 2.47 bits per heavy atom. The summed E-state index contributed by atoms with van der Waals surface area (Å²) >= 11 is 11.9. The third-order valence-corrected chi connectivity index (χ3v) is 2.68. The van der Waals surface area contributed by atoms with E-state index in [4.69, 9.17) is 33.7 Å². The fourth-order valence-electron chi connectivity index (χ4n) is 1.24. The fraction of sp³-hybridized carbons (Fsp3) is 0.200. The van der Waals surface area contributed by atoms with Gasteiger partial charge in [-0.15, -0.1) is 0 Å². The number of nitrogens with two attached hydrogens (primary N) is 1. The summed E-state index contributed by atoms with van der Waals surface area (Å²) in [6.45, 7) is 1.94. The smallest absolute Gasteiger partial charge is 0.157 e. The van der Waals surface area contributed by atoms with Crippen molar-refractivity contribution >= 4 is 28.9 Å². The highest BCUT2D eigenvalue weighted by atomic mass is 35.5. The van der Waals surface area contributed by atoms with Gasteiger partial charge in [-0.25, -0.2) is 4.63 Å². The molecule has 0 amide bonds. The lowest BCUT2D eigenvalue weighted by Gasteiger charge is -2.09. The Morgan fingerprint density at radius 1 is 1.29 bits per heavy atom. The second-order valence-corrected chi connectivity index (χ2v) is 4.21. The van der Waals surface area contributed by atoms with Crippen LogP contribution in [0.25, 0.3) is 0 Å². The summed E-state index contributed by atoms with van der Waals surface area (Å²) in [4.78, 5) is 0. The monoisotopic (exact) mass is 273 g/mol. The van der Waals surface area contributed by atoms with Crippen LogP contribution in [-0.2, 0) is 6.61 Å². The van der Waals surface area contributed by atoms with Crippen LogP contribution in [0.15, 0.2) is 16.8 Å². The molecule has 1 aromatic carbocycles. The zero-order valence-corrected chi connectivity index (χ0v) is 10.4. The first kappa shape index (κ1) is 12.0. The van der Waals surface area contributed by atoms with Crippen molar-refractivity contribution in [1.29, 1.82) is 0 Å². The second-order valence-electron chi connectivity index (χ2n) is 3.40. The maximum Gasteiger partial charge on any atom is 0.157 e. The molecule has 1 heterocycles. The minimum absolute atomic E-state index is 0.179. The highest BCUT2D eigenvalue weighted by Crippen LogP contribution is 2.35. The molecule has 0 spiro atoms. The number of aryl methyl sites for hydroxylation is 1. The van der Waals surface area contributed by atoms with Crippen molar-refractivity contribution in [1.82, 2.24) is 10.3 Å². The topological polar surface area (TPSA) is 74.2 Å². The third-order valence-electron chi connectivity index (χ3n) is 2.12. The number of nitrogen functional groups attached to an aromatic ring is 1. The number of aromatic nitrogens is 2. The van der Waals surface area contributed by atoms with Crippen LogP contribution >= 0.6 is 23.2 Å². The Kier molecular flexibility index (Phi) is 3.40. The molecule has 7 heteroatoms.